The van der Waals surface area contributed by atoms with Crippen LogP contribution in [0.5, 0.6) is 0 Å². The minimum Gasteiger partial charge on any atom is -0.358 e. The largest absolute Gasteiger partial charge is 0.358 e. The van der Waals surface area contributed by atoms with E-state index in [1.54, 1.807) is 7.05 Å². The number of carbonyl (C=O) groups is 2. The molecule has 1 fully saturated rings. The van der Waals surface area contributed by atoms with E-state index >= 15 is 0 Å². The molecule has 134 valence electrons. The Kier molecular flexibility index (Phi) is 5.38. The second-order valence-electron chi connectivity index (χ2n) is 6.52. The van der Waals surface area contributed by atoms with Gasteiger partial charge in [-0.2, -0.15) is 0 Å². The summed E-state index contributed by atoms with van der Waals surface area (Å²) in [7, 11) is 1.63. The molecule has 2 heterocycles. The fourth-order valence-corrected chi connectivity index (χ4v) is 3.53. The Labute approximate surface area is 148 Å². The average Bonchev–Trinajstić information content (AvgIpc) is 3.03. The van der Waals surface area contributed by atoms with Crippen molar-refractivity contribution in [2.24, 2.45) is 0 Å². The van der Waals surface area contributed by atoms with Crippen molar-refractivity contribution in [3.05, 3.63) is 30.5 Å². The highest BCUT2D eigenvalue weighted by Gasteiger charge is 2.27. The first-order valence-electron chi connectivity index (χ1n) is 8.96. The molecule has 6 nitrogen and oxygen atoms in total. The molecule has 0 unspecified atom stereocenters. The van der Waals surface area contributed by atoms with E-state index in [-0.39, 0.29) is 24.4 Å². The standard InChI is InChI=1S/C19H26N4O2/c1-3-22-10-5-4-6-16(22)19(25)21-15-8-7-14-9-11-23(17(14)12-15)13-18(24)20-2/h7-9,11-12,16H,3-6,10,13H2,1-2H3,(H,20,24)(H,21,25)/t16-/m1/s1. The van der Waals surface area contributed by atoms with Crippen LogP contribution in [-0.2, 0) is 16.1 Å². The van der Waals surface area contributed by atoms with Crippen LogP contribution in [0.15, 0.2) is 30.5 Å². The molecule has 25 heavy (non-hydrogen) atoms. The number of likely N-dealkylation sites (N-methyl/N-ethyl adjacent to an activating group) is 2. The van der Waals surface area contributed by atoms with Crippen LogP contribution in [0.4, 0.5) is 5.69 Å². The van der Waals surface area contributed by atoms with Crippen LogP contribution in [0.1, 0.15) is 26.2 Å². The third kappa shape index (κ3) is 3.85. The lowest BCUT2D eigenvalue weighted by molar-refractivity contribution is -0.122. The Morgan fingerprint density at radius 1 is 1.24 bits per heavy atom. The number of aromatic nitrogens is 1. The molecule has 0 bridgehead atoms. The first-order chi connectivity index (χ1) is 12.1. The number of benzene rings is 1. The van der Waals surface area contributed by atoms with Gasteiger partial charge in [-0.1, -0.05) is 19.4 Å². The third-order valence-corrected chi connectivity index (χ3v) is 4.96. The molecule has 1 aliphatic rings. The molecule has 2 N–H and O–H groups in total. The monoisotopic (exact) mass is 342 g/mol. The quantitative estimate of drug-likeness (QED) is 0.875. The lowest BCUT2D eigenvalue weighted by atomic mass is 10.0. The Hall–Kier alpha value is -2.34. The maximum Gasteiger partial charge on any atom is 0.241 e. The highest BCUT2D eigenvalue weighted by molar-refractivity contribution is 5.97. The number of rotatable bonds is 5. The zero-order chi connectivity index (χ0) is 17.8. The van der Waals surface area contributed by atoms with E-state index in [2.05, 4.69) is 22.5 Å². The summed E-state index contributed by atoms with van der Waals surface area (Å²) in [6, 6.07) is 7.76. The average molecular weight is 342 g/mol. The predicted molar refractivity (Wildman–Crippen MR) is 99.5 cm³/mol. The van der Waals surface area contributed by atoms with Gasteiger partial charge in [0.1, 0.15) is 6.54 Å². The number of hydrogen-bond acceptors (Lipinski definition) is 3. The fourth-order valence-electron chi connectivity index (χ4n) is 3.53. The van der Waals surface area contributed by atoms with Crippen molar-refractivity contribution in [1.82, 2.24) is 14.8 Å². The van der Waals surface area contributed by atoms with Gasteiger partial charge in [0.05, 0.1) is 11.6 Å². The predicted octanol–water partition coefficient (Wildman–Crippen LogP) is 2.20. The van der Waals surface area contributed by atoms with Crippen molar-refractivity contribution < 1.29 is 9.59 Å². The van der Waals surface area contributed by atoms with Crippen LogP contribution in [0.25, 0.3) is 10.9 Å². The summed E-state index contributed by atoms with van der Waals surface area (Å²) in [4.78, 5) is 26.6. The molecule has 0 aliphatic carbocycles. The number of anilines is 1. The van der Waals surface area contributed by atoms with Gasteiger partial charge in [0, 0.05) is 18.9 Å². The van der Waals surface area contributed by atoms with Gasteiger partial charge in [-0.25, -0.2) is 0 Å². The molecule has 1 aliphatic heterocycles. The van der Waals surface area contributed by atoms with E-state index in [9.17, 15) is 9.59 Å². The van der Waals surface area contributed by atoms with Gasteiger partial charge in [0.25, 0.3) is 0 Å². The van der Waals surface area contributed by atoms with Gasteiger partial charge in [-0.15, -0.1) is 0 Å². The minimum atomic E-state index is -0.0490. The number of hydrogen-bond donors (Lipinski definition) is 2. The summed E-state index contributed by atoms with van der Waals surface area (Å²) in [5.74, 6) is 0.0121. The summed E-state index contributed by atoms with van der Waals surface area (Å²) in [5.41, 5.74) is 1.72. The number of amides is 2. The summed E-state index contributed by atoms with van der Waals surface area (Å²) >= 11 is 0. The number of piperidine rings is 1. The molecule has 0 saturated carbocycles. The van der Waals surface area contributed by atoms with Crippen molar-refractivity contribution in [2.45, 2.75) is 38.8 Å². The van der Waals surface area contributed by atoms with E-state index in [0.29, 0.717) is 0 Å². The summed E-state index contributed by atoms with van der Waals surface area (Å²) < 4.78 is 1.89. The maximum absolute atomic E-state index is 12.7. The van der Waals surface area contributed by atoms with E-state index in [0.717, 1.165) is 48.9 Å². The van der Waals surface area contributed by atoms with Crippen LogP contribution >= 0.6 is 0 Å². The lowest BCUT2D eigenvalue weighted by Gasteiger charge is -2.33. The van der Waals surface area contributed by atoms with Gasteiger partial charge in [-0.3, -0.25) is 14.5 Å². The van der Waals surface area contributed by atoms with E-state index in [1.807, 2.05) is 35.0 Å². The Balaban J connectivity index is 1.78. The van der Waals surface area contributed by atoms with E-state index in [1.165, 1.54) is 0 Å². The molecule has 1 saturated heterocycles. The minimum absolute atomic E-state index is 0.0484. The first kappa shape index (κ1) is 17.5. The number of nitrogens with zero attached hydrogens (tertiary/aromatic N) is 2. The second-order valence-corrected chi connectivity index (χ2v) is 6.52. The van der Waals surface area contributed by atoms with Crippen molar-refractivity contribution in [1.29, 1.82) is 0 Å². The van der Waals surface area contributed by atoms with Crippen molar-refractivity contribution in [3.8, 4) is 0 Å². The van der Waals surface area contributed by atoms with E-state index < -0.39 is 0 Å². The molecule has 1 atom stereocenters. The van der Waals surface area contributed by atoms with Crippen LogP contribution < -0.4 is 10.6 Å². The smallest absolute Gasteiger partial charge is 0.241 e. The van der Waals surface area contributed by atoms with Crippen molar-refractivity contribution >= 4 is 28.4 Å². The number of nitrogens with one attached hydrogen (secondary N) is 2. The zero-order valence-electron chi connectivity index (χ0n) is 14.9. The van der Waals surface area contributed by atoms with Gasteiger partial charge < -0.3 is 15.2 Å². The lowest BCUT2D eigenvalue weighted by Crippen LogP contribution is -2.46. The molecule has 2 aromatic rings. The molecule has 3 rings (SSSR count). The summed E-state index contributed by atoms with van der Waals surface area (Å²) in [5, 5.41) is 6.74. The van der Waals surface area contributed by atoms with Crippen molar-refractivity contribution in [2.75, 3.05) is 25.5 Å². The van der Waals surface area contributed by atoms with E-state index in [4.69, 9.17) is 0 Å². The number of likely N-dealkylation sites (tertiary alicyclic amines) is 1. The Morgan fingerprint density at radius 2 is 2.08 bits per heavy atom. The van der Waals surface area contributed by atoms with Crippen LogP contribution in [0.2, 0.25) is 0 Å². The SMILES string of the molecule is CCN1CCCC[C@@H]1C(=O)Nc1ccc2ccn(CC(=O)NC)c2c1. The first-order valence-corrected chi connectivity index (χ1v) is 8.96. The zero-order valence-corrected chi connectivity index (χ0v) is 14.9. The topological polar surface area (TPSA) is 66.4 Å². The van der Waals surface area contributed by atoms with Crippen LogP contribution in [0.3, 0.4) is 0 Å². The van der Waals surface area contributed by atoms with Crippen molar-refractivity contribution in [3.63, 3.8) is 0 Å². The Bertz CT molecular complexity index is 768. The molecule has 1 aromatic carbocycles. The van der Waals surface area contributed by atoms with Gasteiger partial charge in [-0.05, 0) is 49.5 Å². The van der Waals surface area contributed by atoms with Gasteiger partial charge in [0.15, 0.2) is 0 Å². The summed E-state index contributed by atoms with van der Waals surface area (Å²) in [6.07, 6.45) is 5.07. The van der Waals surface area contributed by atoms with Crippen LogP contribution in [0, 0.1) is 0 Å². The third-order valence-electron chi connectivity index (χ3n) is 4.96. The normalized spacial score (nSPS) is 18.2. The molecule has 6 heteroatoms. The molecule has 0 spiro atoms. The van der Waals surface area contributed by atoms with Crippen LogP contribution in [-0.4, -0.2) is 47.5 Å². The Morgan fingerprint density at radius 3 is 2.84 bits per heavy atom. The molecule has 2 amide bonds. The van der Waals surface area contributed by atoms with Gasteiger partial charge >= 0.3 is 0 Å². The number of fused-ring (bicyclic) bond motifs is 1. The summed E-state index contributed by atoms with van der Waals surface area (Å²) in [6.45, 7) is 4.25. The highest BCUT2D eigenvalue weighted by atomic mass is 16.2. The second kappa shape index (κ2) is 7.70. The molecule has 0 radical (unpaired) electrons. The number of carbonyl (C=O) groups excluding carboxylic acids is 2. The molecule has 1 aromatic heterocycles. The highest BCUT2D eigenvalue weighted by Crippen LogP contribution is 2.22. The molecular weight excluding hydrogens is 316 g/mol. The molecular formula is C19H26N4O2. The van der Waals surface area contributed by atoms with Gasteiger partial charge in [0.2, 0.25) is 11.8 Å². The fraction of sp³-hybridized carbons (Fsp3) is 0.474. The maximum atomic E-state index is 12.7.